The summed E-state index contributed by atoms with van der Waals surface area (Å²) in [7, 11) is 1.65. The second-order valence-corrected chi connectivity index (χ2v) is 7.15. The Morgan fingerprint density at radius 2 is 2.20 bits per heavy atom. The van der Waals surface area contributed by atoms with Crippen LogP contribution in [0.4, 0.5) is 0 Å². The van der Waals surface area contributed by atoms with Crippen molar-refractivity contribution >= 4 is 11.9 Å². The molecule has 1 amide bonds. The van der Waals surface area contributed by atoms with Crippen LogP contribution in [0.5, 0.6) is 0 Å². The fourth-order valence-electron chi connectivity index (χ4n) is 4.17. The van der Waals surface area contributed by atoms with Gasteiger partial charge in [0, 0.05) is 45.8 Å². The number of nitrogens with zero attached hydrogens (tertiary/aromatic N) is 2. The van der Waals surface area contributed by atoms with Crippen LogP contribution >= 0.6 is 0 Å². The lowest BCUT2D eigenvalue weighted by atomic mass is 9.75. The number of methoxy groups -OCH3 is 1. The Kier molecular flexibility index (Phi) is 5.15. The molecule has 3 heterocycles. The minimum Gasteiger partial charge on any atom is -0.481 e. The molecule has 0 bridgehead atoms. The van der Waals surface area contributed by atoms with Crippen molar-refractivity contribution in [3.8, 4) is 0 Å². The van der Waals surface area contributed by atoms with E-state index in [1.165, 1.54) is 0 Å². The largest absolute Gasteiger partial charge is 0.481 e. The van der Waals surface area contributed by atoms with E-state index < -0.39 is 11.4 Å². The quantitative estimate of drug-likeness (QED) is 0.866. The number of aryl methyl sites for hydroxylation is 1. The molecule has 1 N–H and O–H groups in total. The van der Waals surface area contributed by atoms with E-state index in [1.807, 2.05) is 0 Å². The number of rotatable bonds is 5. The summed E-state index contributed by atoms with van der Waals surface area (Å²) < 4.78 is 10.6. The Balaban J connectivity index is 1.78. The Labute approximate surface area is 147 Å². The van der Waals surface area contributed by atoms with Gasteiger partial charge in [-0.25, -0.2) is 0 Å². The number of carbonyl (C=O) groups excluding carboxylic acids is 1. The van der Waals surface area contributed by atoms with Crippen LogP contribution in [0.3, 0.4) is 0 Å². The second-order valence-electron chi connectivity index (χ2n) is 7.15. The number of carboxylic acids is 1. The number of ether oxygens (including phenoxy) is 1. The summed E-state index contributed by atoms with van der Waals surface area (Å²) in [5, 5.41) is 9.93. The van der Waals surface area contributed by atoms with E-state index in [-0.39, 0.29) is 11.8 Å². The van der Waals surface area contributed by atoms with Crippen LogP contribution in [0, 0.1) is 18.3 Å². The van der Waals surface area contributed by atoms with Crippen molar-refractivity contribution in [3.63, 3.8) is 0 Å². The first-order valence-corrected chi connectivity index (χ1v) is 8.76. The molecule has 2 saturated heterocycles. The fourth-order valence-corrected chi connectivity index (χ4v) is 4.17. The number of fused-ring (bicyclic) bond motifs is 1. The molecular weight excluding hydrogens is 324 g/mol. The summed E-state index contributed by atoms with van der Waals surface area (Å²) in [6.45, 7) is 5.33. The maximum Gasteiger partial charge on any atom is 0.311 e. The lowest BCUT2D eigenvalue weighted by Gasteiger charge is -2.29. The molecule has 3 rings (SSSR count). The average Bonchev–Trinajstić information content (AvgIpc) is 3.11. The van der Waals surface area contributed by atoms with Crippen molar-refractivity contribution < 1.29 is 23.8 Å². The Morgan fingerprint density at radius 3 is 2.84 bits per heavy atom. The number of hydrogen-bond donors (Lipinski definition) is 1. The number of aliphatic carboxylic acids is 1. The van der Waals surface area contributed by atoms with Gasteiger partial charge in [-0.15, -0.1) is 0 Å². The molecule has 0 aromatic carbocycles. The summed E-state index contributed by atoms with van der Waals surface area (Å²) in [6, 6.07) is 3.46. The molecule has 0 aliphatic carbocycles. The highest BCUT2D eigenvalue weighted by Gasteiger charge is 2.53. The van der Waals surface area contributed by atoms with Crippen LogP contribution in [0.25, 0.3) is 0 Å². The van der Waals surface area contributed by atoms with E-state index in [9.17, 15) is 14.7 Å². The highest BCUT2D eigenvalue weighted by molar-refractivity contribution is 5.91. The van der Waals surface area contributed by atoms with Gasteiger partial charge < -0.3 is 19.2 Å². The van der Waals surface area contributed by atoms with E-state index in [4.69, 9.17) is 9.15 Å². The topological polar surface area (TPSA) is 83.2 Å². The maximum atomic E-state index is 12.7. The molecular formula is C18H26N2O5. The van der Waals surface area contributed by atoms with Gasteiger partial charge in [0.1, 0.15) is 5.76 Å². The third kappa shape index (κ3) is 3.43. The number of furan rings is 1. The van der Waals surface area contributed by atoms with Gasteiger partial charge in [-0.1, -0.05) is 0 Å². The van der Waals surface area contributed by atoms with Crippen molar-refractivity contribution in [1.82, 2.24) is 9.80 Å². The Bertz CT molecular complexity index is 643. The first-order chi connectivity index (χ1) is 12.0. The van der Waals surface area contributed by atoms with Crippen LogP contribution in [-0.2, 0) is 9.53 Å². The fraction of sp³-hybridized carbons (Fsp3) is 0.667. The molecule has 0 unspecified atom stereocenters. The number of hydrogen-bond acceptors (Lipinski definition) is 5. The van der Waals surface area contributed by atoms with Crippen molar-refractivity contribution in [1.29, 1.82) is 0 Å². The van der Waals surface area contributed by atoms with Gasteiger partial charge in [0.2, 0.25) is 0 Å². The number of carboxylic acid groups (broad SMARTS) is 1. The number of likely N-dealkylation sites (tertiary alicyclic amines) is 2. The van der Waals surface area contributed by atoms with E-state index >= 15 is 0 Å². The molecule has 0 saturated carbocycles. The van der Waals surface area contributed by atoms with Gasteiger partial charge in [0.25, 0.3) is 5.91 Å². The lowest BCUT2D eigenvalue weighted by Crippen LogP contribution is -2.42. The smallest absolute Gasteiger partial charge is 0.311 e. The molecule has 25 heavy (non-hydrogen) atoms. The molecule has 138 valence electrons. The number of amides is 1. The van der Waals surface area contributed by atoms with E-state index in [2.05, 4.69) is 4.90 Å². The van der Waals surface area contributed by atoms with Crippen molar-refractivity contribution in [3.05, 3.63) is 23.7 Å². The second kappa shape index (κ2) is 7.17. The van der Waals surface area contributed by atoms with Crippen LogP contribution in [0.1, 0.15) is 29.2 Å². The summed E-state index contributed by atoms with van der Waals surface area (Å²) in [5.41, 5.74) is -0.776. The highest BCUT2D eigenvalue weighted by atomic mass is 16.5. The normalized spacial score (nSPS) is 27.1. The molecule has 7 heteroatoms. The van der Waals surface area contributed by atoms with E-state index in [1.54, 1.807) is 31.1 Å². The molecule has 2 aliphatic rings. The lowest BCUT2D eigenvalue weighted by molar-refractivity contribution is -0.151. The molecule has 0 spiro atoms. The average molecular weight is 350 g/mol. The zero-order chi connectivity index (χ0) is 18.0. The van der Waals surface area contributed by atoms with Gasteiger partial charge in [-0.05, 0) is 31.9 Å². The predicted octanol–water partition coefficient (Wildman–Crippen LogP) is 1.47. The molecule has 2 atom stereocenters. The van der Waals surface area contributed by atoms with Crippen molar-refractivity contribution in [2.45, 2.75) is 19.8 Å². The third-order valence-electron chi connectivity index (χ3n) is 5.53. The first-order valence-electron chi connectivity index (χ1n) is 8.76. The van der Waals surface area contributed by atoms with Crippen LogP contribution in [-0.4, -0.2) is 73.2 Å². The Morgan fingerprint density at radius 1 is 1.40 bits per heavy atom. The predicted molar refractivity (Wildman–Crippen MR) is 90.5 cm³/mol. The standard InChI is InChI=1S/C18H26N2O5/c1-13-4-5-15(25-13)16(21)20-7-3-6-18(17(22)23)12-19(8-9-24-2)10-14(18)11-20/h4-5,14H,3,6-12H2,1-2H3,(H,22,23)/t14-,18+/m0/s1. The monoisotopic (exact) mass is 350 g/mol. The summed E-state index contributed by atoms with van der Waals surface area (Å²) in [5.74, 6) is 0.0498. The zero-order valence-electron chi connectivity index (χ0n) is 14.9. The highest BCUT2D eigenvalue weighted by Crippen LogP contribution is 2.43. The van der Waals surface area contributed by atoms with Crippen LogP contribution in [0.15, 0.2) is 16.5 Å². The van der Waals surface area contributed by atoms with Gasteiger partial charge in [-0.3, -0.25) is 14.5 Å². The molecule has 1 aromatic rings. The van der Waals surface area contributed by atoms with Gasteiger partial charge >= 0.3 is 5.97 Å². The first kappa shape index (κ1) is 17.9. The number of carbonyl (C=O) groups is 2. The SMILES string of the molecule is COCCN1C[C@H]2CN(C(=O)c3ccc(C)o3)CCC[C@@]2(C(=O)O)C1. The van der Waals surface area contributed by atoms with Crippen molar-refractivity contribution in [2.75, 3.05) is 46.4 Å². The molecule has 1 aromatic heterocycles. The summed E-state index contributed by atoms with van der Waals surface area (Å²) >= 11 is 0. The third-order valence-corrected chi connectivity index (χ3v) is 5.53. The van der Waals surface area contributed by atoms with Crippen LogP contribution < -0.4 is 0 Å². The zero-order valence-corrected chi connectivity index (χ0v) is 14.9. The van der Waals surface area contributed by atoms with Crippen LogP contribution in [0.2, 0.25) is 0 Å². The molecule has 2 aliphatic heterocycles. The molecule has 7 nitrogen and oxygen atoms in total. The van der Waals surface area contributed by atoms with E-state index in [0.29, 0.717) is 63.7 Å². The minimum atomic E-state index is -0.776. The van der Waals surface area contributed by atoms with Gasteiger partial charge in [-0.2, -0.15) is 0 Å². The molecule has 0 radical (unpaired) electrons. The minimum absolute atomic E-state index is 0.0793. The summed E-state index contributed by atoms with van der Waals surface area (Å²) in [6.07, 6.45) is 1.28. The maximum absolute atomic E-state index is 12.7. The molecule has 2 fully saturated rings. The van der Waals surface area contributed by atoms with Gasteiger partial charge in [0.05, 0.1) is 12.0 Å². The van der Waals surface area contributed by atoms with Gasteiger partial charge in [0.15, 0.2) is 5.76 Å². The summed E-state index contributed by atoms with van der Waals surface area (Å²) in [4.78, 5) is 28.7. The Hall–Kier alpha value is -1.86. The van der Waals surface area contributed by atoms with E-state index in [0.717, 1.165) is 0 Å². The van der Waals surface area contributed by atoms with Crippen molar-refractivity contribution in [2.24, 2.45) is 11.3 Å².